The van der Waals surface area contributed by atoms with Gasteiger partial charge in [-0.2, -0.15) is 5.10 Å². The van der Waals surface area contributed by atoms with Crippen LogP contribution >= 0.6 is 0 Å². The topological polar surface area (TPSA) is 118 Å². The van der Waals surface area contributed by atoms with Crippen molar-refractivity contribution < 1.29 is 14.1 Å². The number of hydrogen-bond donors (Lipinski definition) is 2. The summed E-state index contributed by atoms with van der Waals surface area (Å²) in [5.41, 5.74) is 2.79. The molecule has 0 saturated carbocycles. The summed E-state index contributed by atoms with van der Waals surface area (Å²) >= 11 is 0. The molecule has 0 saturated heterocycles. The summed E-state index contributed by atoms with van der Waals surface area (Å²) in [6.45, 7) is 45.4. The summed E-state index contributed by atoms with van der Waals surface area (Å²) in [6, 6.07) is 1.72. The summed E-state index contributed by atoms with van der Waals surface area (Å²) in [5.74, 6) is 0. The molecule has 45 heavy (non-hydrogen) atoms. The first-order chi connectivity index (χ1) is 22.5. The van der Waals surface area contributed by atoms with Crippen LogP contribution in [0, 0.1) is 0 Å². The second-order valence-corrected chi connectivity index (χ2v) is 4.48. The van der Waals surface area contributed by atoms with E-state index in [9.17, 15) is 0 Å². The van der Waals surface area contributed by atoms with Crippen molar-refractivity contribution in [1.82, 2.24) is 15.9 Å². The highest BCUT2D eigenvalue weighted by molar-refractivity contribution is 5.58. The first-order valence-corrected chi connectivity index (χ1v) is 18.0. The van der Waals surface area contributed by atoms with Gasteiger partial charge >= 0.3 is 0 Å². The molecule has 0 aliphatic carbocycles. The van der Waals surface area contributed by atoms with Crippen LogP contribution in [-0.2, 0) is 9.57 Å². The lowest BCUT2D eigenvalue weighted by molar-refractivity contribution is 0.174. The van der Waals surface area contributed by atoms with E-state index in [0.29, 0.717) is 0 Å². The Labute approximate surface area is 284 Å². The largest absolute Gasteiger partial charge is 0.482 e. The van der Waals surface area contributed by atoms with Gasteiger partial charge in [-0.1, -0.05) is 149 Å². The molecule has 0 radical (unpaired) electrons. The molecule has 1 aromatic heterocycles. The van der Waals surface area contributed by atoms with Gasteiger partial charge in [-0.25, -0.2) is 0 Å². The monoisotopic (exact) mass is 652 g/mol. The number of nitrogens with one attached hydrogen (secondary N) is 2. The Bertz CT molecular complexity index is 394. The number of oxime groups is 1. The minimum Gasteiger partial charge on any atom is -0.482 e. The van der Waals surface area contributed by atoms with E-state index in [-0.39, 0.29) is 0 Å². The Kier molecular flexibility index (Phi) is 208. The summed E-state index contributed by atoms with van der Waals surface area (Å²) in [6.07, 6.45) is 12.0. The van der Waals surface area contributed by atoms with Crippen molar-refractivity contribution in [2.75, 3.05) is 39.4 Å². The van der Waals surface area contributed by atoms with Gasteiger partial charge in [0.25, 0.3) is 0 Å². The van der Waals surface area contributed by atoms with Crippen LogP contribution in [0.2, 0.25) is 0 Å². The predicted octanol–water partition coefficient (Wildman–Crippen LogP) is 11.0. The molecule has 5 rings (SSSR count). The van der Waals surface area contributed by atoms with Crippen LogP contribution in [0.5, 0.6) is 0 Å². The molecule has 10 nitrogen and oxygen atoms in total. The molecule has 0 unspecified atom stereocenters. The third kappa shape index (κ3) is 129. The molecule has 0 spiro atoms. The lowest BCUT2D eigenvalue weighted by atomic mass is 10.5. The van der Waals surface area contributed by atoms with E-state index in [4.69, 9.17) is 0 Å². The second kappa shape index (κ2) is 135. The van der Waals surface area contributed by atoms with Gasteiger partial charge < -0.3 is 24.8 Å². The van der Waals surface area contributed by atoms with Crippen LogP contribution in [0.25, 0.3) is 0 Å². The van der Waals surface area contributed by atoms with Crippen LogP contribution in [0.4, 0.5) is 0 Å². The van der Waals surface area contributed by atoms with E-state index in [1.54, 1.807) is 24.8 Å². The minimum atomic E-state index is 0.778. The van der Waals surface area contributed by atoms with Crippen molar-refractivity contribution >= 4 is 25.2 Å². The molecule has 0 aromatic carbocycles. The fourth-order valence-electron chi connectivity index (χ4n) is 1.35. The number of aliphatic imine (C=N–C) groups is 2. The summed E-state index contributed by atoms with van der Waals surface area (Å²) < 4.78 is 8.99. The fraction of sp³-hybridized carbons (Fsp3) is 0.800. The number of ether oxygens (including phenoxy) is 1. The Morgan fingerprint density at radius 2 is 1.13 bits per heavy atom. The van der Waals surface area contributed by atoms with Crippen LogP contribution in [0.1, 0.15) is 151 Å². The first kappa shape index (κ1) is 69.0. The summed E-state index contributed by atoms with van der Waals surface area (Å²) in [4.78, 5) is 12.1. The zero-order valence-corrected chi connectivity index (χ0v) is 34.2. The van der Waals surface area contributed by atoms with Gasteiger partial charge in [-0.05, 0) is 6.07 Å². The number of aromatic nitrogens is 1. The fourth-order valence-corrected chi connectivity index (χ4v) is 1.35. The zero-order valence-electron chi connectivity index (χ0n) is 34.2. The number of nitrogens with zero attached hydrogens (tertiary/aromatic N) is 5. The molecule has 0 atom stereocenters. The van der Waals surface area contributed by atoms with Crippen molar-refractivity contribution in [3.05, 3.63) is 18.5 Å². The Hall–Kier alpha value is -2.91. The summed E-state index contributed by atoms with van der Waals surface area (Å²) in [7, 11) is 0. The number of hydrazone groups is 1. The molecule has 278 valence electrons. The smallest absolute Gasteiger partial charge is 0.169 e. The van der Waals surface area contributed by atoms with E-state index in [2.05, 4.69) is 50.2 Å². The normalized spacial score (nSPS) is 10.8. The van der Waals surface area contributed by atoms with Crippen LogP contribution < -0.4 is 10.7 Å². The molecule has 0 fully saturated rings. The minimum absolute atomic E-state index is 0.778. The molecule has 10 heteroatoms. The average Bonchev–Trinajstić information content (AvgIpc) is 4.04. The van der Waals surface area contributed by atoms with E-state index < -0.39 is 0 Å². The Balaban J connectivity index is -0.0000000375. The van der Waals surface area contributed by atoms with Crippen LogP contribution in [0.15, 0.2) is 43.3 Å². The predicted molar refractivity (Wildman–Crippen MR) is 211 cm³/mol. The molecular formula is C35H85N7O3. The number of rotatable bonds is 0. The highest BCUT2D eigenvalue weighted by Gasteiger charge is 1.86. The lowest BCUT2D eigenvalue weighted by Gasteiger charge is -1.76. The molecule has 0 amide bonds. The highest BCUT2D eigenvalue weighted by atomic mass is 16.6. The third-order valence-electron chi connectivity index (χ3n) is 2.46. The zero-order chi connectivity index (χ0) is 37.7. The maximum atomic E-state index is 4.65. The van der Waals surface area contributed by atoms with Crippen LogP contribution in [-0.4, -0.2) is 69.7 Å². The molecule has 4 aliphatic rings. The van der Waals surface area contributed by atoms with Gasteiger partial charge in [0.2, 0.25) is 0 Å². The molecule has 5 heterocycles. The number of hydrogen-bond acceptors (Lipinski definition) is 10. The first-order valence-electron chi connectivity index (χ1n) is 18.0. The van der Waals surface area contributed by atoms with E-state index in [1.165, 1.54) is 12.7 Å². The lowest BCUT2D eigenvalue weighted by Crippen LogP contribution is -2.04. The molecule has 2 N–H and O–H groups in total. The van der Waals surface area contributed by atoms with Gasteiger partial charge in [0.15, 0.2) is 6.40 Å². The Morgan fingerprint density at radius 3 is 1.24 bits per heavy atom. The van der Waals surface area contributed by atoms with Crippen molar-refractivity contribution in [3.8, 4) is 0 Å². The van der Waals surface area contributed by atoms with E-state index in [1.807, 2.05) is 145 Å². The molecule has 4 aliphatic heterocycles. The van der Waals surface area contributed by atoms with Gasteiger partial charge in [0, 0.05) is 38.4 Å². The Morgan fingerprint density at radius 1 is 0.578 bits per heavy atom. The highest BCUT2D eigenvalue weighted by Crippen LogP contribution is 1.86. The third-order valence-corrected chi connectivity index (χ3v) is 2.46. The maximum absolute atomic E-state index is 4.65. The van der Waals surface area contributed by atoms with Gasteiger partial charge in [0.1, 0.15) is 19.5 Å². The molecular weight excluding hydrogens is 566 g/mol. The van der Waals surface area contributed by atoms with Crippen molar-refractivity contribution in [1.29, 1.82) is 0 Å². The molecule has 1 aromatic rings. The average molecular weight is 652 g/mol. The van der Waals surface area contributed by atoms with Gasteiger partial charge in [-0.15, -0.1) is 0 Å². The standard InChI is InChI=1S/2C3H6N2.2C3H5NO.C3H3NO.10C2H6/c1-2-5-3-4-1;1-2-4-5-3-1;1-2-5-3-4-1;2*1-2-4-5-3-1;10*1-2/h3H,1-2H2,(H,4,5);2,5H,1,3H2;3H,1-2H2;2H,1,3H2;1-3H;10*1-2H3. The maximum Gasteiger partial charge on any atom is 0.169 e. The van der Waals surface area contributed by atoms with Crippen molar-refractivity contribution in [2.45, 2.75) is 151 Å². The summed E-state index contributed by atoms with van der Waals surface area (Å²) in [5, 5.41) is 13.4. The van der Waals surface area contributed by atoms with Gasteiger partial charge in [0.05, 0.1) is 25.6 Å². The van der Waals surface area contributed by atoms with Gasteiger partial charge in [-0.3, -0.25) is 9.98 Å². The SMILES string of the molecule is C1=NCCN1.C1=NCCO1.C1=NNCC1.C1=NOCC1.CC.CC.CC.CC.CC.CC.CC.CC.CC.CC.c1cnoc1. The van der Waals surface area contributed by atoms with Crippen molar-refractivity contribution in [2.24, 2.45) is 20.2 Å². The second-order valence-electron chi connectivity index (χ2n) is 4.48. The molecule has 0 bridgehead atoms. The van der Waals surface area contributed by atoms with E-state index in [0.717, 1.165) is 52.2 Å². The van der Waals surface area contributed by atoms with Crippen LogP contribution in [0.3, 0.4) is 0 Å². The quantitative estimate of drug-likeness (QED) is 0.288. The van der Waals surface area contributed by atoms with E-state index >= 15 is 0 Å². The van der Waals surface area contributed by atoms with Crippen molar-refractivity contribution in [3.63, 3.8) is 0 Å².